The van der Waals surface area contributed by atoms with Crippen molar-refractivity contribution in [2.75, 3.05) is 47.5 Å². The summed E-state index contributed by atoms with van der Waals surface area (Å²) in [5, 5.41) is 0. The highest BCUT2D eigenvalue weighted by Gasteiger charge is 2.22. The van der Waals surface area contributed by atoms with Crippen LogP contribution < -0.4 is 4.89 Å². The Morgan fingerprint density at radius 2 is 0.633 bits per heavy atom. The van der Waals surface area contributed by atoms with Crippen LogP contribution in [-0.4, -0.2) is 70.0 Å². The van der Waals surface area contributed by atoms with Gasteiger partial charge < -0.3 is 27.9 Å². The molecule has 0 fully saturated rings. The molecule has 526 valence electrons. The fourth-order valence-corrected chi connectivity index (χ4v) is 12.1. The third kappa shape index (κ3) is 74.5. The summed E-state index contributed by atoms with van der Waals surface area (Å²) in [6, 6.07) is 0. The Kier molecular flexibility index (Phi) is 68.8. The monoisotopic (exact) mass is 1280 g/mol. The number of carbonyl (C=O) groups excluding carboxylic acids is 2. The predicted molar refractivity (Wildman–Crippen MR) is 388 cm³/mol. The van der Waals surface area contributed by atoms with Crippen LogP contribution in [0.25, 0.3) is 0 Å². The van der Waals surface area contributed by atoms with Gasteiger partial charge in [0.15, 0.2) is 6.10 Å². The molecule has 0 saturated heterocycles. The van der Waals surface area contributed by atoms with Gasteiger partial charge in [-0.1, -0.05) is 369 Å². The lowest BCUT2D eigenvalue weighted by molar-refractivity contribution is -0.870. The predicted octanol–water partition coefficient (Wildman–Crippen LogP) is 24.9. The third-order valence-electron chi connectivity index (χ3n) is 17.2. The highest BCUT2D eigenvalue weighted by Crippen LogP contribution is 2.38. The Balaban J connectivity index is 3.92. The van der Waals surface area contributed by atoms with E-state index >= 15 is 0 Å². The maximum Gasteiger partial charge on any atom is 0.306 e. The second-order valence-corrected chi connectivity index (χ2v) is 28.8. The molecule has 2 atom stereocenters. The molecule has 0 saturated carbocycles. The fraction of sp³-hybridized carbons (Fsp3) is 0.825. The van der Waals surface area contributed by atoms with Gasteiger partial charge in [0.1, 0.15) is 19.8 Å². The van der Waals surface area contributed by atoms with Crippen LogP contribution in [0.4, 0.5) is 0 Å². The van der Waals surface area contributed by atoms with Gasteiger partial charge in [-0.25, -0.2) is 0 Å². The van der Waals surface area contributed by atoms with Crippen LogP contribution in [0, 0.1) is 0 Å². The number of unbranched alkanes of at least 4 members (excludes halogenated alkanes) is 46. The smallest absolute Gasteiger partial charge is 0.306 e. The number of esters is 2. The maximum absolute atomic E-state index is 12.9. The number of carbonyl (C=O) groups is 2. The number of phosphoric acid groups is 1. The first-order valence-electron chi connectivity index (χ1n) is 38.6. The summed E-state index contributed by atoms with van der Waals surface area (Å²) in [7, 11) is 1.19. The first-order valence-corrected chi connectivity index (χ1v) is 40.1. The van der Waals surface area contributed by atoms with E-state index in [1.165, 1.54) is 270 Å². The van der Waals surface area contributed by atoms with E-state index in [1.807, 2.05) is 21.1 Å². The molecule has 0 radical (unpaired) electrons. The van der Waals surface area contributed by atoms with E-state index in [0.717, 1.165) is 70.6 Å². The molecule has 10 heteroatoms. The van der Waals surface area contributed by atoms with Crippen LogP contribution in [0.15, 0.2) is 72.9 Å². The van der Waals surface area contributed by atoms with Crippen molar-refractivity contribution in [2.45, 2.75) is 380 Å². The van der Waals surface area contributed by atoms with Gasteiger partial charge >= 0.3 is 11.9 Å². The number of hydrogen-bond acceptors (Lipinski definition) is 8. The van der Waals surface area contributed by atoms with Crippen molar-refractivity contribution in [1.82, 2.24) is 0 Å². The molecular formula is C80H148NO8P. The number of nitrogens with zero attached hydrogens (tertiary/aromatic N) is 1. The number of ether oxygens (including phenoxy) is 2. The van der Waals surface area contributed by atoms with E-state index in [9.17, 15) is 19.0 Å². The van der Waals surface area contributed by atoms with Crippen LogP contribution in [0.1, 0.15) is 373 Å². The van der Waals surface area contributed by atoms with E-state index < -0.39 is 26.5 Å². The summed E-state index contributed by atoms with van der Waals surface area (Å²) in [6.07, 6.45) is 95.9. The van der Waals surface area contributed by atoms with E-state index in [1.54, 1.807) is 0 Å². The molecule has 0 bridgehead atoms. The fourth-order valence-electron chi connectivity index (χ4n) is 11.4. The average molecular weight is 1280 g/mol. The molecule has 0 aromatic carbocycles. The number of hydrogen-bond donors (Lipinski definition) is 0. The molecule has 2 unspecified atom stereocenters. The zero-order valence-corrected chi connectivity index (χ0v) is 61.0. The largest absolute Gasteiger partial charge is 0.756 e. The molecule has 9 nitrogen and oxygen atoms in total. The van der Waals surface area contributed by atoms with Crippen molar-refractivity contribution in [3.63, 3.8) is 0 Å². The van der Waals surface area contributed by atoms with E-state index in [0.29, 0.717) is 17.4 Å². The number of quaternary nitrogens is 1. The highest BCUT2D eigenvalue weighted by molar-refractivity contribution is 7.45. The second-order valence-electron chi connectivity index (χ2n) is 27.4. The van der Waals surface area contributed by atoms with Crippen LogP contribution >= 0.6 is 7.82 Å². The quantitative estimate of drug-likeness (QED) is 0.0195. The van der Waals surface area contributed by atoms with Gasteiger partial charge in [0.2, 0.25) is 0 Å². The van der Waals surface area contributed by atoms with Crippen LogP contribution in [0.2, 0.25) is 0 Å². The van der Waals surface area contributed by atoms with Gasteiger partial charge in [-0.2, -0.15) is 0 Å². The van der Waals surface area contributed by atoms with Gasteiger partial charge in [0, 0.05) is 12.8 Å². The minimum absolute atomic E-state index is 0.0284. The van der Waals surface area contributed by atoms with E-state index in [2.05, 4.69) is 86.8 Å². The lowest BCUT2D eigenvalue weighted by atomic mass is 10.0. The second kappa shape index (κ2) is 70.8. The molecule has 90 heavy (non-hydrogen) atoms. The molecule has 0 rings (SSSR count). The average Bonchev–Trinajstić information content (AvgIpc) is 3.62. The Bertz CT molecular complexity index is 1750. The summed E-state index contributed by atoms with van der Waals surface area (Å²) in [4.78, 5) is 38.1. The Labute approximate surface area is 559 Å². The normalized spacial score (nSPS) is 13.4. The number of rotatable bonds is 72. The van der Waals surface area contributed by atoms with Crippen LogP contribution in [0.3, 0.4) is 0 Å². The van der Waals surface area contributed by atoms with Gasteiger partial charge in [0.25, 0.3) is 7.82 Å². The van der Waals surface area contributed by atoms with E-state index in [4.69, 9.17) is 18.5 Å². The van der Waals surface area contributed by atoms with Gasteiger partial charge in [-0.15, -0.1) is 0 Å². The number of allylic oxidation sites excluding steroid dienone is 12. The summed E-state index contributed by atoms with van der Waals surface area (Å²) in [6.45, 7) is 4.20. The lowest BCUT2D eigenvalue weighted by Gasteiger charge is -2.28. The minimum Gasteiger partial charge on any atom is -0.756 e. The van der Waals surface area contributed by atoms with Crippen LogP contribution in [-0.2, 0) is 32.7 Å². The van der Waals surface area contributed by atoms with Gasteiger partial charge in [-0.3, -0.25) is 14.2 Å². The van der Waals surface area contributed by atoms with Crippen molar-refractivity contribution in [3.05, 3.63) is 72.9 Å². The van der Waals surface area contributed by atoms with Crippen LogP contribution in [0.5, 0.6) is 0 Å². The van der Waals surface area contributed by atoms with Crippen molar-refractivity contribution in [1.29, 1.82) is 0 Å². The molecule has 0 aromatic heterocycles. The van der Waals surface area contributed by atoms with Gasteiger partial charge in [0.05, 0.1) is 27.7 Å². The first-order chi connectivity index (χ1) is 44.0. The molecule has 0 spiro atoms. The number of likely N-dealkylation sites (N-methyl/N-ethyl adjacent to an activating group) is 1. The molecular weight excluding hydrogens is 1130 g/mol. The zero-order valence-electron chi connectivity index (χ0n) is 60.1. The molecule has 0 N–H and O–H groups in total. The molecule has 0 aliphatic carbocycles. The first kappa shape index (κ1) is 87.5. The third-order valence-corrected chi connectivity index (χ3v) is 18.2. The molecule has 0 aliphatic rings. The summed E-state index contributed by atoms with van der Waals surface area (Å²) < 4.78 is 34.4. The SMILES string of the molecule is CC/C=C\C/C=C\C/C=C\C/C=C\C/C=C\C/C=C\CCCCCCCCCCCCCCCCCCCCCCCCC(=O)OC(COC(=O)CCCCCCCCCCCCCCCCCCCCCCCCCCC)COP(=O)([O-])OCC[N+](C)(C)C. The summed E-state index contributed by atoms with van der Waals surface area (Å²) in [5.41, 5.74) is 0. The van der Waals surface area contributed by atoms with E-state index in [-0.39, 0.29) is 32.0 Å². The Morgan fingerprint density at radius 3 is 0.944 bits per heavy atom. The zero-order chi connectivity index (χ0) is 65.5. The summed E-state index contributed by atoms with van der Waals surface area (Å²) >= 11 is 0. The molecule has 0 aliphatic heterocycles. The van der Waals surface area contributed by atoms with Gasteiger partial charge in [-0.05, 0) is 64.2 Å². The van der Waals surface area contributed by atoms with Crippen molar-refractivity contribution >= 4 is 19.8 Å². The lowest BCUT2D eigenvalue weighted by Crippen LogP contribution is -2.37. The topological polar surface area (TPSA) is 111 Å². The molecule has 0 amide bonds. The Hall–Kier alpha value is -2.55. The standard InChI is InChI=1S/C80H148NO8P/c1-6-8-10-12-14-16-18-20-22-24-26-28-30-32-33-34-35-36-37-38-39-40-41-42-43-44-45-46-47-49-51-53-55-57-59-61-63-65-67-69-71-73-80(83)89-78(77-88-90(84,85)87-75-74-81(3,4)5)76-86-79(82)72-70-68-66-64-62-60-58-56-54-52-50-48-31-29-27-25-23-21-19-17-15-13-11-9-7-2/h8,10,14,16,20,22,26,28,32-33,35-36,78H,6-7,9,11-13,15,17-19,21,23-25,27,29-31,34,37-77H2,1-5H3/b10-8-,16-14-,22-20-,28-26-,33-32-,36-35-. The highest BCUT2D eigenvalue weighted by atomic mass is 31.2. The number of phosphoric ester groups is 1. The summed E-state index contributed by atoms with van der Waals surface area (Å²) in [5.74, 6) is -0.810. The van der Waals surface area contributed by atoms with Crippen molar-refractivity contribution in [2.24, 2.45) is 0 Å². The Morgan fingerprint density at radius 1 is 0.356 bits per heavy atom. The minimum atomic E-state index is -4.64. The maximum atomic E-state index is 12.9. The van der Waals surface area contributed by atoms with Crippen molar-refractivity contribution < 1.29 is 42.1 Å². The van der Waals surface area contributed by atoms with Crippen molar-refractivity contribution in [3.8, 4) is 0 Å². The molecule has 0 aromatic rings. The molecule has 0 heterocycles.